The van der Waals surface area contributed by atoms with Crippen molar-refractivity contribution in [2.45, 2.75) is 25.8 Å². The van der Waals surface area contributed by atoms with Crippen molar-refractivity contribution in [3.63, 3.8) is 0 Å². The number of aryl methyl sites for hydroxylation is 1. The lowest BCUT2D eigenvalue weighted by Gasteiger charge is -2.20. The number of esters is 1. The lowest BCUT2D eigenvalue weighted by Crippen LogP contribution is -2.47. The zero-order chi connectivity index (χ0) is 15.0. The molecule has 0 aliphatic heterocycles. The van der Waals surface area contributed by atoms with Gasteiger partial charge in [0.05, 0.1) is 6.61 Å². The van der Waals surface area contributed by atoms with Crippen LogP contribution in [0.25, 0.3) is 0 Å². The van der Waals surface area contributed by atoms with E-state index in [9.17, 15) is 9.59 Å². The molecule has 0 fully saturated rings. The summed E-state index contributed by atoms with van der Waals surface area (Å²) in [7, 11) is 1.65. The Morgan fingerprint density at radius 2 is 1.95 bits per heavy atom. The van der Waals surface area contributed by atoms with Gasteiger partial charge in [0.1, 0.15) is 0 Å². The van der Waals surface area contributed by atoms with Crippen molar-refractivity contribution in [1.29, 1.82) is 0 Å². The van der Waals surface area contributed by atoms with Gasteiger partial charge in [-0.05, 0) is 25.3 Å². The normalized spacial score (nSPS) is 11.8. The van der Waals surface area contributed by atoms with Gasteiger partial charge in [-0.2, -0.15) is 0 Å². The van der Waals surface area contributed by atoms with Gasteiger partial charge in [-0.15, -0.1) is 0 Å². The number of nitrogens with zero attached hydrogens (tertiary/aromatic N) is 1. The SMILES string of the molecule is CCOC(=O)C(N)C(=O)N(C)CCCc1ccccc1. The number of likely N-dealkylation sites (N-methyl/N-ethyl adjacent to an activating group) is 1. The molecule has 0 saturated carbocycles. The van der Waals surface area contributed by atoms with Crippen LogP contribution in [0.4, 0.5) is 0 Å². The standard InChI is InChI=1S/C15H22N2O3/c1-3-20-15(19)13(16)14(18)17(2)11-7-10-12-8-5-4-6-9-12/h4-6,8-9,13H,3,7,10-11,16H2,1-2H3. The number of hydrogen-bond donors (Lipinski definition) is 1. The van der Waals surface area contributed by atoms with Gasteiger partial charge in [0.25, 0.3) is 5.91 Å². The Labute approximate surface area is 119 Å². The monoisotopic (exact) mass is 278 g/mol. The first-order valence-corrected chi connectivity index (χ1v) is 6.77. The van der Waals surface area contributed by atoms with Crippen LogP contribution in [0.5, 0.6) is 0 Å². The number of carbonyl (C=O) groups is 2. The zero-order valence-electron chi connectivity index (χ0n) is 12.0. The molecule has 0 aromatic heterocycles. The summed E-state index contributed by atoms with van der Waals surface area (Å²) in [6.07, 6.45) is 1.70. The topological polar surface area (TPSA) is 72.6 Å². The molecule has 0 heterocycles. The summed E-state index contributed by atoms with van der Waals surface area (Å²) in [5.41, 5.74) is 6.79. The van der Waals surface area contributed by atoms with E-state index >= 15 is 0 Å². The summed E-state index contributed by atoms with van der Waals surface area (Å²) in [5, 5.41) is 0. The molecule has 5 nitrogen and oxygen atoms in total. The van der Waals surface area contributed by atoms with E-state index in [-0.39, 0.29) is 6.61 Å². The highest BCUT2D eigenvalue weighted by Crippen LogP contribution is 2.03. The Morgan fingerprint density at radius 3 is 2.55 bits per heavy atom. The minimum atomic E-state index is -1.23. The van der Waals surface area contributed by atoms with E-state index in [1.165, 1.54) is 10.5 Å². The van der Waals surface area contributed by atoms with E-state index in [0.717, 1.165) is 12.8 Å². The summed E-state index contributed by atoms with van der Waals surface area (Å²) in [6, 6.07) is 8.81. The summed E-state index contributed by atoms with van der Waals surface area (Å²) >= 11 is 0. The van der Waals surface area contributed by atoms with E-state index in [2.05, 4.69) is 0 Å². The van der Waals surface area contributed by atoms with Crippen LogP contribution in [-0.2, 0) is 20.7 Å². The molecule has 1 aromatic carbocycles. The van der Waals surface area contributed by atoms with E-state index in [1.807, 2.05) is 30.3 Å². The van der Waals surface area contributed by atoms with Crippen molar-refractivity contribution in [3.8, 4) is 0 Å². The number of rotatable bonds is 7. The second-order valence-electron chi connectivity index (χ2n) is 4.58. The molecule has 0 saturated heterocycles. The molecule has 1 amide bonds. The third-order valence-corrected chi connectivity index (χ3v) is 2.98. The molecule has 0 spiro atoms. The van der Waals surface area contributed by atoms with Crippen molar-refractivity contribution in [2.75, 3.05) is 20.2 Å². The van der Waals surface area contributed by atoms with Gasteiger partial charge in [-0.3, -0.25) is 4.79 Å². The quantitative estimate of drug-likeness (QED) is 0.596. The summed E-state index contributed by atoms with van der Waals surface area (Å²) in [4.78, 5) is 24.8. The van der Waals surface area contributed by atoms with Gasteiger partial charge >= 0.3 is 5.97 Å². The molecule has 2 N–H and O–H groups in total. The van der Waals surface area contributed by atoms with Crippen molar-refractivity contribution in [2.24, 2.45) is 5.73 Å². The predicted octanol–water partition coefficient (Wildman–Crippen LogP) is 0.968. The predicted molar refractivity (Wildman–Crippen MR) is 77.0 cm³/mol. The second kappa shape index (κ2) is 8.32. The molecule has 0 aliphatic rings. The Morgan fingerprint density at radius 1 is 1.30 bits per heavy atom. The van der Waals surface area contributed by atoms with Crippen LogP contribution in [0.15, 0.2) is 30.3 Å². The van der Waals surface area contributed by atoms with Crippen LogP contribution in [0.3, 0.4) is 0 Å². The molecule has 5 heteroatoms. The highest BCUT2D eigenvalue weighted by Gasteiger charge is 2.26. The van der Waals surface area contributed by atoms with Gasteiger partial charge in [0, 0.05) is 13.6 Å². The largest absolute Gasteiger partial charge is 0.464 e. The zero-order valence-corrected chi connectivity index (χ0v) is 12.0. The molecule has 0 bridgehead atoms. The molecule has 0 aliphatic carbocycles. The maximum Gasteiger partial charge on any atom is 0.332 e. The average molecular weight is 278 g/mol. The van der Waals surface area contributed by atoms with Crippen LogP contribution < -0.4 is 5.73 Å². The van der Waals surface area contributed by atoms with Gasteiger partial charge in [-0.1, -0.05) is 30.3 Å². The fourth-order valence-corrected chi connectivity index (χ4v) is 1.85. The second-order valence-corrected chi connectivity index (χ2v) is 4.58. The number of nitrogens with two attached hydrogens (primary N) is 1. The van der Waals surface area contributed by atoms with E-state index in [1.54, 1.807) is 14.0 Å². The fourth-order valence-electron chi connectivity index (χ4n) is 1.85. The smallest absolute Gasteiger partial charge is 0.332 e. The third kappa shape index (κ3) is 5.01. The highest BCUT2D eigenvalue weighted by molar-refractivity contribution is 6.01. The molecule has 20 heavy (non-hydrogen) atoms. The minimum Gasteiger partial charge on any atom is -0.464 e. The van der Waals surface area contributed by atoms with Crippen molar-refractivity contribution in [1.82, 2.24) is 4.90 Å². The van der Waals surface area contributed by atoms with E-state index in [4.69, 9.17) is 10.5 Å². The summed E-state index contributed by atoms with van der Waals surface area (Å²) in [5.74, 6) is -1.08. The molecule has 1 aromatic rings. The summed E-state index contributed by atoms with van der Waals surface area (Å²) in [6.45, 7) is 2.46. The van der Waals surface area contributed by atoms with Gasteiger partial charge in [-0.25, -0.2) is 4.79 Å². The lowest BCUT2D eigenvalue weighted by molar-refractivity contribution is -0.150. The molecular weight excluding hydrogens is 256 g/mol. The average Bonchev–Trinajstić information content (AvgIpc) is 2.47. The van der Waals surface area contributed by atoms with E-state index in [0.29, 0.717) is 6.54 Å². The lowest BCUT2D eigenvalue weighted by atomic mass is 10.1. The van der Waals surface area contributed by atoms with E-state index < -0.39 is 17.9 Å². The first-order chi connectivity index (χ1) is 9.56. The first-order valence-electron chi connectivity index (χ1n) is 6.77. The van der Waals surface area contributed by atoms with Crippen LogP contribution in [-0.4, -0.2) is 43.0 Å². The Hall–Kier alpha value is -1.88. The Kier molecular flexibility index (Phi) is 6.73. The molecular formula is C15H22N2O3. The van der Waals surface area contributed by atoms with Crippen LogP contribution in [0, 0.1) is 0 Å². The van der Waals surface area contributed by atoms with Gasteiger partial charge in [0.15, 0.2) is 6.04 Å². The Bertz CT molecular complexity index is 434. The van der Waals surface area contributed by atoms with Crippen LogP contribution in [0.2, 0.25) is 0 Å². The molecule has 1 rings (SSSR count). The number of benzene rings is 1. The maximum absolute atomic E-state index is 11.9. The fraction of sp³-hybridized carbons (Fsp3) is 0.467. The summed E-state index contributed by atoms with van der Waals surface area (Å²) < 4.78 is 4.74. The molecule has 1 atom stereocenters. The number of carbonyl (C=O) groups excluding carboxylic acids is 2. The van der Waals surface area contributed by atoms with Crippen molar-refractivity contribution >= 4 is 11.9 Å². The van der Waals surface area contributed by atoms with Crippen LogP contribution >= 0.6 is 0 Å². The number of amides is 1. The number of ether oxygens (including phenoxy) is 1. The Balaban J connectivity index is 2.36. The number of hydrogen-bond acceptors (Lipinski definition) is 4. The molecule has 1 unspecified atom stereocenters. The highest BCUT2D eigenvalue weighted by atomic mass is 16.5. The van der Waals surface area contributed by atoms with Crippen molar-refractivity contribution in [3.05, 3.63) is 35.9 Å². The molecule has 0 radical (unpaired) electrons. The maximum atomic E-state index is 11.9. The molecule has 110 valence electrons. The van der Waals surface area contributed by atoms with Gasteiger partial charge in [0.2, 0.25) is 0 Å². The minimum absolute atomic E-state index is 0.220. The third-order valence-electron chi connectivity index (χ3n) is 2.98. The van der Waals surface area contributed by atoms with Gasteiger partial charge < -0.3 is 15.4 Å². The van der Waals surface area contributed by atoms with Crippen LogP contribution in [0.1, 0.15) is 18.9 Å². The first kappa shape index (κ1) is 16.2. The van der Waals surface area contributed by atoms with Crippen molar-refractivity contribution < 1.29 is 14.3 Å².